The molecule has 0 aromatic rings. The number of rotatable bonds is 7. The summed E-state index contributed by atoms with van der Waals surface area (Å²) in [5, 5.41) is 11.0. The number of hydrogen-bond donors (Lipinski definition) is 2. The monoisotopic (exact) mass is 203 g/mol. The van der Waals surface area contributed by atoms with Gasteiger partial charge in [-0.25, -0.2) is 0 Å². The Morgan fingerprint density at radius 2 is 2.07 bits per heavy atom. The number of methoxy groups -OCH3 is 1. The number of carbonyl (C=O) groups is 2. The van der Waals surface area contributed by atoms with Crippen molar-refractivity contribution in [2.24, 2.45) is 0 Å². The van der Waals surface area contributed by atoms with Crippen molar-refractivity contribution < 1.29 is 19.4 Å². The maximum Gasteiger partial charge on any atom is 0.303 e. The van der Waals surface area contributed by atoms with Crippen LogP contribution in [0.1, 0.15) is 26.2 Å². The van der Waals surface area contributed by atoms with Gasteiger partial charge in [-0.1, -0.05) is 0 Å². The van der Waals surface area contributed by atoms with Crippen LogP contribution in [-0.2, 0) is 14.3 Å². The Hall–Kier alpha value is -1.10. The minimum Gasteiger partial charge on any atom is -0.481 e. The van der Waals surface area contributed by atoms with Gasteiger partial charge in [0, 0.05) is 26.0 Å². The highest BCUT2D eigenvalue weighted by molar-refractivity contribution is 5.77. The zero-order chi connectivity index (χ0) is 11.0. The predicted molar refractivity (Wildman–Crippen MR) is 51.0 cm³/mol. The summed E-state index contributed by atoms with van der Waals surface area (Å²) in [5.74, 6) is -1.00. The molecule has 0 rings (SSSR count). The lowest BCUT2D eigenvalue weighted by molar-refractivity contribution is -0.137. The molecule has 0 spiro atoms. The van der Waals surface area contributed by atoms with Crippen LogP contribution in [0.4, 0.5) is 0 Å². The maximum atomic E-state index is 11.2. The van der Waals surface area contributed by atoms with Crippen LogP contribution in [0.3, 0.4) is 0 Å². The molecule has 1 amide bonds. The van der Waals surface area contributed by atoms with Gasteiger partial charge in [0.2, 0.25) is 5.91 Å². The Balaban J connectivity index is 3.50. The Labute approximate surface area is 83.4 Å². The molecule has 0 saturated heterocycles. The van der Waals surface area contributed by atoms with E-state index in [2.05, 4.69) is 5.32 Å². The second kappa shape index (κ2) is 7.32. The van der Waals surface area contributed by atoms with Crippen molar-refractivity contribution in [1.29, 1.82) is 0 Å². The number of aliphatic carboxylic acids is 1. The second-order valence-corrected chi connectivity index (χ2v) is 3.17. The molecule has 1 unspecified atom stereocenters. The molecule has 0 aromatic carbocycles. The van der Waals surface area contributed by atoms with Crippen molar-refractivity contribution in [3.8, 4) is 0 Å². The fraction of sp³-hybridized carbons (Fsp3) is 0.778. The molecule has 0 aliphatic carbocycles. The molecule has 0 heterocycles. The number of carboxylic acid groups (broad SMARTS) is 1. The van der Waals surface area contributed by atoms with E-state index in [4.69, 9.17) is 9.84 Å². The minimum atomic E-state index is -0.872. The van der Waals surface area contributed by atoms with E-state index in [0.717, 1.165) is 0 Å². The molecular formula is C9H17NO4. The first-order valence-electron chi connectivity index (χ1n) is 4.56. The number of hydrogen-bond acceptors (Lipinski definition) is 3. The van der Waals surface area contributed by atoms with E-state index < -0.39 is 5.97 Å². The Morgan fingerprint density at radius 3 is 2.57 bits per heavy atom. The average molecular weight is 203 g/mol. The fourth-order valence-corrected chi connectivity index (χ4v) is 1.04. The van der Waals surface area contributed by atoms with Crippen LogP contribution in [0.25, 0.3) is 0 Å². The summed E-state index contributed by atoms with van der Waals surface area (Å²) in [4.78, 5) is 21.3. The Bertz CT molecular complexity index is 193. The zero-order valence-electron chi connectivity index (χ0n) is 8.58. The second-order valence-electron chi connectivity index (χ2n) is 3.17. The molecule has 5 heteroatoms. The first-order valence-corrected chi connectivity index (χ1v) is 4.56. The van der Waals surface area contributed by atoms with Crippen LogP contribution in [0.2, 0.25) is 0 Å². The van der Waals surface area contributed by atoms with Gasteiger partial charge in [0.1, 0.15) is 0 Å². The van der Waals surface area contributed by atoms with Gasteiger partial charge in [0.05, 0.1) is 6.61 Å². The highest BCUT2D eigenvalue weighted by atomic mass is 16.5. The summed E-state index contributed by atoms with van der Waals surface area (Å²) in [7, 11) is 1.56. The van der Waals surface area contributed by atoms with Crippen LogP contribution in [0.5, 0.6) is 0 Å². The SMILES string of the molecule is COCC(C)NC(=O)CCCC(=O)O. The molecule has 2 N–H and O–H groups in total. The molecule has 0 radical (unpaired) electrons. The van der Waals surface area contributed by atoms with Gasteiger partial charge in [-0.3, -0.25) is 9.59 Å². The summed E-state index contributed by atoms with van der Waals surface area (Å²) in [6, 6.07) is -0.0303. The maximum absolute atomic E-state index is 11.2. The van der Waals surface area contributed by atoms with E-state index in [-0.39, 0.29) is 24.8 Å². The first-order chi connectivity index (χ1) is 6.56. The van der Waals surface area contributed by atoms with E-state index in [0.29, 0.717) is 13.0 Å². The van der Waals surface area contributed by atoms with E-state index in [1.54, 1.807) is 7.11 Å². The third-order valence-electron chi connectivity index (χ3n) is 1.62. The number of carboxylic acids is 1. The van der Waals surface area contributed by atoms with Gasteiger partial charge in [0.25, 0.3) is 0 Å². The Morgan fingerprint density at radius 1 is 1.43 bits per heavy atom. The van der Waals surface area contributed by atoms with Crippen molar-refractivity contribution in [2.75, 3.05) is 13.7 Å². The molecule has 82 valence electrons. The van der Waals surface area contributed by atoms with Crippen molar-refractivity contribution in [3.63, 3.8) is 0 Å². The molecular weight excluding hydrogens is 186 g/mol. The summed E-state index contributed by atoms with van der Waals surface area (Å²) in [5.41, 5.74) is 0. The van der Waals surface area contributed by atoms with E-state index in [1.807, 2.05) is 6.92 Å². The lowest BCUT2D eigenvalue weighted by Gasteiger charge is -2.12. The first kappa shape index (κ1) is 12.9. The van der Waals surface area contributed by atoms with Crippen molar-refractivity contribution in [3.05, 3.63) is 0 Å². The molecule has 0 aliphatic rings. The van der Waals surface area contributed by atoms with E-state index in [1.165, 1.54) is 0 Å². The number of amides is 1. The molecule has 0 aromatic heterocycles. The third kappa shape index (κ3) is 7.54. The molecule has 0 fully saturated rings. The molecule has 0 saturated carbocycles. The third-order valence-corrected chi connectivity index (χ3v) is 1.62. The largest absolute Gasteiger partial charge is 0.481 e. The predicted octanol–water partition coefficient (Wildman–Crippen LogP) is 0.392. The van der Waals surface area contributed by atoms with Crippen molar-refractivity contribution >= 4 is 11.9 Å². The molecule has 0 bridgehead atoms. The summed E-state index contributed by atoms with van der Waals surface area (Å²) in [6.45, 7) is 2.29. The lowest BCUT2D eigenvalue weighted by Crippen LogP contribution is -2.35. The lowest BCUT2D eigenvalue weighted by atomic mass is 10.2. The molecule has 5 nitrogen and oxygen atoms in total. The van der Waals surface area contributed by atoms with Crippen molar-refractivity contribution in [1.82, 2.24) is 5.32 Å². The average Bonchev–Trinajstić information content (AvgIpc) is 2.03. The molecule has 1 atom stereocenters. The standard InChI is InChI=1S/C9H17NO4/c1-7(6-14-2)10-8(11)4-3-5-9(12)13/h7H,3-6H2,1-2H3,(H,10,11)(H,12,13). The summed E-state index contributed by atoms with van der Waals surface area (Å²) < 4.78 is 4.84. The molecule has 0 aliphatic heterocycles. The highest BCUT2D eigenvalue weighted by Crippen LogP contribution is 1.95. The van der Waals surface area contributed by atoms with Gasteiger partial charge in [0.15, 0.2) is 0 Å². The minimum absolute atomic E-state index is 0.0303. The van der Waals surface area contributed by atoms with E-state index in [9.17, 15) is 9.59 Å². The van der Waals surface area contributed by atoms with Gasteiger partial charge in [-0.2, -0.15) is 0 Å². The number of nitrogens with one attached hydrogen (secondary N) is 1. The van der Waals surface area contributed by atoms with Crippen LogP contribution < -0.4 is 5.32 Å². The molecule has 14 heavy (non-hydrogen) atoms. The van der Waals surface area contributed by atoms with Gasteiger partial charge in [-0.15, -0.1) is 0 Å². The van der Waals surface area contributed by atoms with Crippen LogP contribution >= 0.6 is 0 Å². The van der Waals surface area contributed by atoms with Gasteiger partial charge in [-0.05, 0) is 13.3 Å². The smallest absolute Gasteiger partial charge is 0.303 e. The quantitative estimate of drug-likeness (QED) is 0.627. The van der Waals surface area contributed by atoms with Crippen LogP contribution in [0, 0.1) is 0 Å². The van der Waals surface area contributed by atoms with Crippen LogP contribution in [0.15, 0.2) is 0 Å². The highest BCUT2D eigenvalue weighted by Gasteiger charge is 2.07. The summed E-state index contributed by atoms with van der Waals surface area (Å²) >= 11 is 0. The van der Waals surface area contributed by atoms with Gasteiger partial charge < -0.3 is 15.2 Å². The number of ether oxygens (including phenoxy) is 1. The Kier molecular flexibility index (Phi) is 6.74. The summed E-state index contributed by atoms with van der Waals surface area (Å²) in [6.07, 6.45) is 0.660. The number of carbonyl (C=O) groups excluding carboxylic acids is 1. The van der Waals surface area contributed by atoms with Gasteiger partial charge >= 0.3 is 5.97 Å². The zero-order valence-corrected chi connectivity index (χ0v) is 8.58. The van der Waals surface area contributed by atoms with E-state index >= 15 is 0 Å². The normalized spacial score (nSPS) is 12.1. The van der Waals surface area contributed by atoms with Crippen molar-refractivity contribution in [2.45, 2.75) is 32.2 Å². The fourth-order valence-electron chi connectivity index (χ4n) is 1.04. The van der Waals surface area contributed by atoms with Crippen LogP contribution in [-0.4, -0.2) is 36.7 Å². The topological polar surface area (TPSA) is 75.6 Å².